The number of benzene rings is 1. The zero-order valence-corrected chi connectivity index (χ0v) is 13.0. The van der Waals surface area contributed by atoms with Gasteiger partial charge in [0.05, 0.1) is 13.2 Å². The van der Waals surface area contributed by atoms with Crippen molar-refractivity contribution in [3.8, 4) is 11.5 Å². The maximum Gasteiger partial charge on any atom is 0.161 e. The molecule has 0 aliphatic carbocycles. The smallest absolute Gasteiger partial charge is 0.161 e. The van der Waals surface area contributed by atoms with E-state index in [1.54, 1.807) is 6.92 Å². The predicted molar refractivity (Wildman–Crippen MR) is 83.2 cm³/mol. The predicted octanol–water partition coefficient (Wildman–Crippen LogP) is 2.91. The van der Waals surface area contributed by atoms with Crippen LogP contribution in [0.25, 0.3) is 0 Å². The second-order valence-electron chi connectivity index (χ2n) is 5.46. The van der Waals surface area contributed by atoms with E-state index in [1.807, 2.05) is 13.0 Å². The zero-order chi connectivity index (χ0) is 15.1. The number of nitrogens with one attached hydrogen (secondary N) is 1. The van der Waals surface area contributed by atoms with Crippen LogP contribution in [0, 0.1) is 0 Å². The Balaban J connectivity index is 2.07. The van der Waals surface area contributed by atoms with Crippen molar-refractivity contribution >= 4 is 5.78 Å². The summed E-state index contributed by atoms with van der Waals surface area (Å²) < 4.78 is 11.4. The van der Waals surface area contributed by atoms with Crippen molar-refractivity contribution in [3.63, 3.8) is 0 Å². The molecule has 4 heteroatoms. The maximum absolute atomic E-state index is 11.0. The van der Waals surface area contributed by atoms with Gasteiger partial charge in [0.25, 0.3) is 0 Å². The van der Waals surface area contributed by atoms with E-state index in [-0.39, 0.29) is 5.78 Å². The summed E-state index contributed by atoms with van der Waals surface area (Å²) in [6.45, 7) is 6.71. The first-order chi connectivity index (χ1) is 10.2. The molecular weight excluding hydrogens is 266 g/mol. The molecule has 1 aromatic rings. The van der Waals surface area contributed by atoms with Gasteiger partial charge in [-0.1, -0.05) is 6.07 Å². The van der Waals surface area contributed by atoms with E-state index in [0.29, 0.717) is 25.6 Å². The summed E-state index contributed by atoms with van der Waals surface area (Å²) in [5.41, 5.74) is 1.32. The second kappa shape index (κ2) is 8.03. The molecule has 1 aromatic carbocycles. The molecule has 1 saturated heterocycles. The van der Waals surface area contributed by atoms with Gasteiger partial charge in [-0.25, -0.2) is 0 Å². The third-order valence-electron chi connectivity index (χ3n) is 3.79. The van der Waals surface area contributed by atoms with Crippen LogP contribution in [0.2, 0.25) is 0 Å². The highest BCUT2D eigenvalue weighted by molar-refractivity contribution is 5.75. The normalized spacial score (nSPS) is 15.7. The van der Waals surface area contributed by atoms with Gasteiger partial charge in [0, 0.05) is 6.42 Å². The SMILES string of the molecule is CCOc1cc(C2CCNCC2)ccc1OCCC(C)=O. The van der Waals surface area contributed by atoms with E-state index in [0.717, 1.165) is 37.4 Å². The standard InChI is InChI=1S/C17H25NO3/c1-3-20-17-12-15(14-6-9-18-10-7-14)4-5-16(17)21-11-8-13(2)19/h4-5,12,14,18H,3,6-11H2,1-2H3. The number of hydrogen-bond acceptors (Lipinski definition) is 4. The lowest BCUT2D eigenvalue weighted by Crippen LogP contribution is -2.26. The average Bonchev–Trinajstić information content (AvgIpc) is 2.49. The molecular formula is C17H25NO3. The van der Waals surface area contributed by atoms with Crippen molar-refractivity contribution in [1.82, 2.24) is 5.32 Å². The summed E-state index contributed by atoms with van der Waals surface area (Å²) in [5, 5.41) is 3.39. The van der Waals surface area contributed by atoms with Crippen LogP contribution in [0.3, 0.4) is 0 Å². The van der Waals surface area contributed by atoms with E-state index >= 15 is 0 Å². The molecule has 0 atom stereocenters. The van der Waals surface area contributed by atoms with Crippen LogP contribution in [0.1, 0.15) is 44.6 Å². The first-order valence-electron chi connectivity index (χ1n) is 7.80. The summed E-state index contributed by atoms with van der Waals surface area (Å²) in [5.74, 6) is 2.25. The molecule has 1 fully saturated rings. The summed E-state index contributed by atoms with van der Waals surface area (Å²) >= 11 is 0. The Morgan fingerprint density at radius 1 is 1.24 bits per heavy atom. The quantitative estimate of drug-likeness (QED) is 0.839. The molecule has 0 radical (unpaired) electrons. The minimum absolute atomic E-state index is 0.138. The number of rotatable bonds is 7. The summed E-state index contributed by atoms with van der Waals surface area (Å²) in [4.78, 5) is 11.0. The average molecular weight is 291 g/mol. The highest BCUT2D eigenvalue weighted by Gasteiger charge is 2.17. The van der Waals surface area contributed by atoms with Crippen LogP contribution < -0.4 is 14.8 Å². The van der Waals surface area contributed by atoms with E-state index < -0.39 is 0 Å². The molecule has 1 aliphatic rings. The fourth-order valence-corrected chi connectivity index (χ4v) is 2.63. The Kier molecular flexibility index (Phi) is 6.05. The Hall–Kier alpha value is -1.55. The van der Waals surface area contributed by atoms with Gasteiger partial charge < -0.3 is 14.8 Å². The van der Waals surface area contributed by atoms with Crippen molar-refractivity contribution in [3.05, 3.63) is 23.8 Å². The van der Waals surface area contributed by atoms with Crippen molar-refractivity contribution in [2.24, 2.45) is 0 Å². The fourth-order valence-electron chi connectivity index (χ4n) is 2.63. The van der Waals surface area contributed by atoms with Gasteiger partial charge in [-0.05, 0) is 63.4 Å². The molecule has 4 nitrogen and oxygen atoms in total. The van der Waals surface area contributed by atoms with Gasteiger partial charge in [-0.2, -0.15) is 0 Å². The molecule has 1 heterocycles. The number of hydrogen-bond donors (Lipinski definition) is 1. The Bertz CT molecular complexity index is 467. The van der Waals surface area contributed by atoms with E-state index in [2.05, 4.69) is 17.4 Å². The highest BCUT2D eigenvalue weighted by atomic mass is 16.5. The minimum atomic E-state index is 0.138. The molecule has 0 aromatic heterocycles. The molecule has 0 spiro atoms. The summed E-state index contributed by atoms with van der Waals surface area (Å²) in [6, 6.07) is 6.20. The number of ketones is 1. The number of Topliss-reactive ketones (excluding diaryl/α,β-unsaturated/α-hetero) is 1. The van der Waals surface area contributed by atoms with E-state index in [1.165, 1.54) is 5.56 Å². The van der Waals surface area contributed by atoms with Crippen LogP contribution in [0.4, 0.5) is 0 Å². The largest absolute Gasteiger partial charge is 0.490 e. The molecule has 116 valence electrons. The van der Waals surface area contributed by atoms with Gasteiger partial charge >= 0.3 is 0 Å². The molecule has 0 bridgehead atoms. The molecule has 1 N–H and O–H groups in total. The Labute approximate surface area is 126 Å². The molecule has 0 unspecified atom stereocenters. The van der Waals surface area contributed by atoms with Crippen molar-refractivity contribution in [1.29, 1.82) is 0 Å². The molecule has 1 aliphatic heterocycles. The van der Waals surface area contributed by atoms with Crippen LogP contribution >= 0.6 is 0 Å². The number of piperidine rings is 1. The third kappa shape index (κ3) is 4.74. The van der Waals surface area contributed by atoms with Crippen molar-refractivity contribution in [2.45, 2.75) is 39.0 Å². The van der Waals surface area contributed by atoms with Crippen molar-refractivity contribution in [2.75, 3.05) is 26.3 Å². The topological polar surface area (TPSA) is 47.6 Å². The number of ether oxygens (including phenoxy) is 2. The number of carbonyl (C=O) groups excluding carboxylic acids is 1. The summed E-state index contributed by atoms with van der Waals surface area (Å²) in [7, 11) is 0. The summed E-state index contributed by atoms with van der Waals surface area (Å²) in [6.07, 6.45) is 2.76. The monoisotopic (exact) mass is 291 g/mol. The molecule has 0 saturated carbocycles. The van der Waals surface area contributed by atoms with Gasteiger partial charge in [0.15, 0.2) is 11.5 Å². The highest BCUT2D eigenvalue weighted by Crippen LogP contribution is 2.34. The van der Waals surface area contributed by atoms with Gasteiger partial charge in [-0.15, -0.1) is 0 Å². The minimum Gasteiger partial charge on any atom is -0.490 e. The van der Waals surface area contributed by atoms with Gasteiger partial charge in [-0.3, -0.25) is 4.79 Å². The lowest BCUT2D eigenvalue weighted by Gasteiger charge is -2.24. The van der Waals surface area contributed by atoms with Crippen LogP contribution in [-0.2, 0) is 4.79 Å². The van der Waals surface area contributed by atoms with Gasteiger partial charge in [0.1, 0.15) is 5.78 Å². The first-order valence-corrected chi connectivity index (χ1v) is 7.80. The van der Waals surface area contributed by atoms with Crippen LogP contribution in [0.5, 0.6) is 11.5 Å². The first kappa shape index (κ1) is 15.8. The third-order valence-corrected chi connectivity index (χ3v) is 3.79. The molecule has 0 amide bonds. The molecule has 2 rings (SSSR count). The van der Waals surface area contributed by atoms with E-state index in [9.17, 15) is 4.79 Å². The lowest BCUT2D eigenvalue weighted by molar-refractivity contribution is -0.117. The maximum atomic E-state index is 11.0. The van der Waals surface area contributed by atoms with Crippen LogP contribution in [-0.4, -0.2) is 32.1 Å². The lowest BCUT2D eigenvalue weighted by atomic mass is 9.90. The Morgan fingerprint density at radius 3 is 2.67 bits per heavy atom. The van der Waals surface area contributed by atoms with Crippen LogP contribution in [0.15, 0.2) is 18.2 Å². The molecule has 21 heavy (non-hydrogen) atoms. The second-order valence-corrected chi connectivity index (χ2v) is 5.46. The van der Waals surface area contributed by atoms with Gasteiger partial charge in [0.2, 0.25) is 0 Å². The fraction of sp³-hybridized carbons (Fsp3) is 0.588. The van der Waals surface area contributed by atoms with E-state index in [4.69, 9.17) is 9.47 Å². The zero-order valence-electron chi connectivity index (χ0n) is 13.0. The number of carbonyl (C=O) groups is 1. The Morgan fingerprint density at radius 2 is 2.00 bits per heavy atom. The van der Waals surface area contributed by atoms with Crippen molar-refractivity contribution < 1.29 is 14.3 Å².